The maximum atomic E-state index is 6.16. The molecule has 0 radical (unpaired) electrons. The largest absolute Gasteiger partial charge is 0.366 e. The smallest absolute Gasteiger partial charge is 0.0844 e. The second kappa shape index (κ2) is 3.37. The van der Waals surface area contributed by atoms with Crippen LogP contribution in [0.25, 0.3) is 21.5 Å². The van der Waals surface area contributed by atoms with Gasteiger partial charge in [-0.15, -0.1) is 0 Å². The van der Waals surface area contributed by atoms with Crippen molar-refractivity contribution in [3.05, 3.63) is 59.7 Å². The first-order valence-corrected chi connectivity index (χ1v) is 7.02. The van der Waals surface area contributed by atoms with Crippen LogP contribution in [0, 0.1) is 0 Å². The zero-order valence-corrected chi connectivity index (χ0v) is 10.6. The fourth-order valence-corrected chi connectivity index (χ4v) is 3.95. The zero-order valence-electron chi connectivity index (χ0n) is 10.6. The van der Waals surface area contributed by atoms with Crippen molar-refractivity contribution in [2.24, 2.45) is 0 Å². The molecule has 0 spiro atoms. The quantitative estimate of drug-likeness (QED) is 0.513. The van der Waals surface area contributed by atoms with Gasteiger partial charge in [0.05, 0.1) is 12.2 Å². The number of rotatable bonds is 0. The fourth-order valence-electron chi connectivity index (χ4n) is 3.95. The Morgan fingerprint density at radius 1 is 0.632 bits per heavy atom. The summed E-state index contributed by atoms with van der Waals surface area (Å²) in [6.07, 6.45) is 3.02. The molecule has 1 nitrogen and oxygen atoms in total. The van der Waals surface area contributed by atoms with Gasteiger partial charge in [-0.25, -0.2) is 0 Å². The van der Waals surface area contributed by atoms with Crippen LogP contribution in [-0.4, -0.2) is 0 Å². The summed E-state index contributed by atoms with van der Waals surface area (Å²) < 4.78 is 6.16. The van der Waals surface area contributed by atoms with Crippen molar-refractivity contribution in [2.45, 2.75) is 25.0 Å². The number of hydrogen-bond acceptors (Lipinski definition) is 1. The molecule has 2 aliphatic heterocycles. The number of benzene rings is 3. The highest BCUT2D eigenvalue weighted by Gasteiger charge is 2.40. The van der Waals surface area contributed by atoms with E-state index in [-0.39, 0.29) is 0 Å². The Balaban J connectivity index is 2.09. The normalized spacial score (nSPS) is 24.2. The molecule has 1 saturated heterocycles. The van der Waals surface area contributed by atoms with Crippen LogP contribution < -0.4 is 0 Å². The van der Waals surface area contributed by atoms with Gasteiger partial charge in [-0.3, -0.25) is 0 Å². The molecule has 5 rings (SSSR count). The molecule has 1 fully saturated rings. The third kappa shape index (κ3) is 1.14. The zero-order chi connectivity index (χ0) is 12.4. The van der Waals surface area contributed by atoms with Crippen LogP contribution in [-0.2, 0) is 4.74 Å². The SMILES string of the molecule is c1ccc2c(c1)c1c(c3ccccc32)C2CCC1O2. The van der Waals surface area contributed by atoms with Crippen LogP contribution in [0.5, 0.6) is 0 Å². The molecule has 1 heteroatoms. The highest BCUT2D eigenvalue weighted by molar-refractivity contribution is 6.11. The molecule has 0 aliphatic carbocycles. The molecular formula is C18H14O. The molecule has 0 N–H and O–H groups in total. The monoisotopic (exact) mass is 246 g/mol. The van der Waals surface area contributed by atoms with Crippen LogP contribution in [0.4, 0.5) is 0 Å². The molecule has 3 aromatic carbocycles. The van der Waals surface area contributed by atoms with Crippen LogP contribution in [0.2, 0.25) is 0 Å². The van der Waals surface area contributed by atoms with E-state index in [0.717, 1.165) is 0 Å². The lowest BCUT2D eigenvalue weighted by molar-refractivity contribution is 0.0725. The van der Waals surface area contributed by atoms with Crippen molar-refractivity contribution < 1.29 is 4.74 Å². The van der Waals surface area contributed by atoms with Crippen molar-refractivity contribution in [3.8, 4) is 0 Å². The first-order valence-electron chi connectivity index (χ1n) is 7.02. The summed E-state index contributed by atoms with van der Waals surface area (Å²) in [7, 11) is 0. The number of ether oxygens (including phenoxy) is 1. The van der Waals surface area contributed by atoms with E-state index in [2.05, 4.69) is 48.5 Å². The van der Waals surface area contributed by atoms with Crippen LogP contribution in [0.1, 0.15) is 36.2 Å². The van der Waals surface area contributed by atoms with Crippen molar-refractivity contribution in [2.75, 3.05) is 0 Å². The summed E-state index contributed by atoms with van der Waals surface area (Å²) in [5.74, 6) is 0. The van der Waals surface area contributed by atoms with Gasteiger partial charge in [-0.05, 0) is 45.5 Å². The Morgan fingerprint density at radius 3 is 1.53 bits per heavy atom. The van der Waals surface area contributed by atoms with E-state index in [0.29, 0.717) is 12.2 Å². The van der Waals surface area contributed by atoms with Gasteiger partial charge in [0, 0.05) is 0 Å². The molecule has 2 atom stereocenters. The third-order valence-electron chi connectivity index (χ3n) is 4.68. The van der Waals surface area contributed by atoms with Gasteiger partial charge in [0.1, 0.15) is 0 Å². The Kier molecular flexibility index (Phi) is 1.77. The Labute approximate surface area is 111 Å². The summed E-state index contributed by atoms with van der Waals surface area (Å²) in [4.78, 5) is 0. The minimum Gasteiger partial charge on any atom is -0.366 e. The Hall–Kier alpha value is -1.86. The predicted molar refractivity (Wildman–Crippen MR) is 77.3 cm³/mol. The molecular weight excluding hydrogens is 232 g/mol. The van der Waals surface area contributed by atoms with E-state index >= 15 is 0 Å². The van der Waals surface area contributed by atoms with Gasteiger partial charge in [-0.2, -0.15) is 0 Å². The molecule has 2 heterocycles. The second-order valence-electron chi connectivity index (χ2n) is 5.61. The average molecular weight is 246 g/mol. The minimum absolute atomic E-state index is 0.328. The van der Waals surface area contributed by atoms with Gasteiger partial charge in [0.15, 0.2) is 0 Å². The molecule has 3 aromatic rings. The van der Waals surface area contributed by atoms with Crippen molar-refractivity contribution in [3.63, 3.8) is 0 Å². The highest BCUT2D eigenvalue weighted by Crippen LogP contribution is 2.55. The van der Waals surface area contributed by atoms with E-state index < -0.39 is 0 Å². The van der Waals surface area contributed by atoms with Gasteiger partial charge >= 0.3 is 0 Å². The minimum atomic E-state index is 0.328. The molecule has 2 aliphatic rings. The van der Waals surface area contributed by atoms with Crippen LogP contribution >= 0.6 is 0 Å². The standard InChI is InChI=1S/C18H14O/c1-3-7-13-11(5-1)12-6-2-4-8-14(12)18-16-10-9-15(19-16)17(13)18/h1-8,15-16H,9-10H2. The van der Waals surface area contributed by atoms with E-state index in [1.165, 1.54) is 45.5 Å². The summed E-state index contributed by atoms with van der Waals surface area (Å²) in [6, 6.07) is 17.5. The fraction of sp³-hybridized carbons (Fsp3) is 0.222. The molecule has 0 amide bonds. The van der Waals surface area contributed by atoms with E-state index in [9.17, 15) is 0 Å². The first kappa shape index (κ1) is 9.99. The molecule has 0 saturated carbocycles. The van der Waals surface area contributed by atoms with E-state index in [4.69, 9.17) is 4.74 Å². The van der Waals surface area contributed by atoms with Crippen molar-refractivity contribution in [1.29, 1.82) is 0 Å². The lowest BCUT2D eigenvalue weighted by Gasteiger charge is -2.18. The summed E-state index contributed by atoms with van der Waals surface area (Å²) >= 11 is 0. The summed E-state index contributed by atoms with van der Waals surface area (Å²) in [5, 5.41) is 5.52. The Morgan fingerprint density at radius 2 is 1.05 bits per heavy atom. The van der Waals surface area contributed by atoms with E-state index in [1.54, 1.807) is 0 Å². The van der Waals surface area contributed by atoms with Crippen molar-refractivity contribution >= 4 is 21.5 Å². The summed E-state index contributed by atoms with van der Waals surface area (Å²) in [6.45, 7) is 0. The van der Waals surface area contributed by atoms with Gasteiger partial charge in [-0.1, -0.05) is 48.5 Å². The number of hydrogen-bond donors (Lipinski definition) is 0. The molecule has 92 valence electrons. The maximum absolute atomic E-state index is 6.16. The Bertz CT molecular complexity index is 750. The topological polar surface area (TPSA) is 9.23 Å². The lowest BCUT2D eigenvalue weighted by atomic mass is 9.83. The average Bonchev–Trinajstić information content (AvgIpc) is 3.09. The van der Waals surface area contributed by atoms with E-state index in [1.807, 2.05) is 0 Å². The lowest BCUT2D eigenvalue weighted by Crippen LogP contribution is -2.00. The maximum Gasteiger partial charge on any atom is 0.0844 e. The first-order chi connectivity index (χ1) is 9.43. The molecule has 2 unspecified atom stereocenters. The van der Waals surface area contributed by atoms with Gasteiger partial charge in [0.2, 0.25) is 0 Å². The molecule has 2 bridgehead atoms. The van der Waals surface area contributed by atoms with Gasteiger partial charge < -0.3 is 4.74 Å². The molecule has 0 aromatic heterocycles. The summed E-state index contributed by atoms with van der Waals surface area (Å²) in [5.41, 5.74) is 2.93. The van der Waals surface area contributed by atoms with Gasteiger partial charge in [0.25, 0.3) is 0 Å². The third-order valence-corrected chi connectivity index (χ3v) is 4.68. The second-order valence-corrected chi connectivity index (χ2v) is 5.61. The van der Waals surface area contributed by atoms with Crippen LogP contribution in [0.15, 0.2) is 48.5 Å². The highest BCUT2D eigenvalue weighted by atomic mass is 16.5. The number of fused-ring (bicyclic) bond motifs is 10. The van der Waals surface area contributed by atoms with Crippen LogP contribution in [0.3, 0.4) is 0 Å². The molecule has 19 heavy (non-hydrogen) atoms. The van der Waals surface area contributed by atoms with Crippen molar-refractivity contribution in [1.82, 2.24) is 0 Å². The predicted octanol–water partition coefficient (Wildman–Crippen LogP) is 4.90.